The van der Waals surface area contributed by atoms with Crippen LogP contribution < -0.4 is 0 Å². The van der Waals surface area contributed by atoms with Crippen molar-refractivity contribution in [3.05, 3.63) is 29.3 Å². The van der Waals surface area contributed by atoms with E-state index in [2.05, 4.69) is 18.9 Å². The number of likely N-dealkylation sites (tertiary alicyclic amines) is 2. The fraction of sp³-hybridized carbons (Fsp3) is 0.619. The molecule has 4 atom stereocenters. The second-order valence-electron chi connectivity index (χ2n) is 8.66. The van der Waals surface area contributed by atoms with Crippen LogP contribution in [0.15, 0.2) is 18.2 Å². The largest absolute Gasteiger partial charge is 0.508 e. The minimum Gasteiger partial charge on any atom is -0.508 e. The Bertz CT molecular complexity index is 779. The van der Waals surface area contributed by atoms with E-state index in [1.165, 1.54) is 5.56 Å². The van der Waals surface area contributed by atoms with Gasteiger partial charge < -0.3 is 20.0 Å². The highest BCUT2D eigenvalue weighted by Crippen LogP contribution is 2.50. The third-order valence-electron chi connectivity index (χ3n) is 7.22. The molecule has 0 radical (unpaired) electrons. The molecule has 1 aromatic carbocycles. The van der Waals surface area contributed by atoms with E-state index in [1.54, 1.807) is 11.0 Å². The maximum atomic E-state index is 13.1. The summed E-state index contributed by atoms with van der Waals surface area (Å²) < 4.78 is 0. The van der Waals surface area contributed by atoms with Gasteiger partial charge in [0.2, 0.25) is 5.91 Å². The van der Waals surface area contributed by atoms with Crippen molar-refractivity contribution in [2.45, 2.75) is 56.5 Å². The van der Waals surface area contributed by atoms with E-state index < -0.39 is 12.0 Å². The smallest absolute Gasteiger partial charge is 0.326 e. The number of rotatable bonds is 3. The quantitative estimate of drug-likeness (QED) is 0.848. The van der Waals surface area contributed by atoms with Crippen LogP contribution in [-0.4, -0.2) is 64.1 Å². The molecule has 2 bridgehead atoms. The number of carbonyl (C=O) groups excluding carboxylic acids is 1. The predicted octanol–water partition coefficient (Wildman–Crippen LogP) is 1.99. The van der Waals surface area contributed by atoms with E-state index in [-0.39, 0.29) is 29.0 Å². The molecule has 1 aliphatic carbocycles. The van der Waals surface area contributed by atoms with Crippen molar-refractivity contribution in [1.82, 2.24) is 9.80 Å². The summed E-state index contributed by atoms with van der Waals surface area (Å²) >= 11 is 0. The van der Waals surface area contributed by atoms with Gasteiger partial charge in [-0.3, -0.25) is 4.79 Å². The number of phenols is 1. The second kappa shape index (κ2) is 6.51. The first kappa shape index (κ1) is 18.3. The standard InChI is InChI=1S/C21H28N2O4/c1-21-7-9-22(2)18(10-13-5-6-14(24)11-15(13)21)16(21)12-19(25)23-8-3-4-17(23)20(26)27/h5-6,11,16-18,24H,3-4,7-10,12H2,1-2H3,(H,26,27)/t16-,17?,18?,21+/m0/s1. The molecule has 2 saturated heterocycles. The van der Waals surface area contributed by atoms with Gasteiger partial charge in [-0.05, 0) is 73.9 Å². The number of phenolic OH excluding ortho intramolecular Hbond substituents is 1. The van der Waals surface area contributed by atoms with Crippen molar-refractivity contribution in [2.24, 2.45) is 5.92 Å². The van der Waals surface area contributed by atoms with Gasteiger partial charge in [0.1, 0.15) is 11.8 Å². The normalized spacial score (nSPS) is 33.0. The molecular formula is C21H28N2O4. The summed E-state index contributed by atoms with van der Waals surface area (Å²) in [6.07, 6.45) is 3.46. The molecule has 2 heterocycles. The lowest BCUT2D eigenvalue weighted by atomic mass is 9.57. The number of piperidine rings is 1. The lowest BCUT2D eigenvalue weighted by Gasteiger charge is -2.55. The summed E-state index contributed by atoms with van der Waals surface area (Å²) in [5, 5.41) is 19.5. The number of nitrogens with zero attached hydrogens (tertiary/aromatic N) is 2. The number of hydrogen-bond donors (Lipinski definition) is 2. The lowest BCUT2D eigenvalue weighted by Crippen LogP contribution is -2.59. The zero-order valence-electron chi connectivity index (χ0n) is 16.0. The number of carboxylic acids is 1. The van der Waals surface area contributed by atoms with Crippen LogP contribution in [0.3, 0.4) is 0 Å². The third-order valence-corrected chi connectivity index (χ3v) is 7.22. The van der Waals surface area contributed by atoms with Crippen LogP contribution in [-0.2, 0) is 21.4 Å². The molecule has 2 fully saturated rings. The Hall–Kier alpha value is -2.08. The minimum absolute atomic E-state index is 0.0416. The lowest BCUT2D eigenvalue weighted by molar-refractivity contribution is -0.149. The maximum Gasteiger partial charge on any atom is 0.326 e. The number of aromatic hydroxyl groups is 1. The number of carbonyl (C=O) groups is 2. The van der Waals surface area contributed by atoms with E-state index in [0.29, 0.717) is 19.4 Å². The molecule has 2 N–H and O–H groups in total. The Morgan fingerprint density at radius 3 is 2.81 bits per heavy atom. The zero-order chi connectivity index (χ0) is 19.3. The van der Waals surface area contributed by atoms with Crippen LogP contribution in [0.25, 0.3) is 0 Å². The van der Waals surface area contributed by atoms with E-state index in [4.69, 9.17) is 0 Å². The highest BCUT2D eigenvalue weighted by Gasteiger charge is 2.51. The highest BCUT2D eigenvalue weighted by atomic mass is 16.4. The number of fused-ring (bicyclic) bond motifs is 4. The Kier molecular flexibility index (Phi) is 4.41. The van der Waals surface area contributed by atoms with Gasteiger partial charge in [0.15, 0.2) is 0 Å². The van der Waals surface area contributed by atoms with Crippen LogP contribution >= 0.6 is 0 Å². The Labute approximate surface area is 159 Å². The van der Waals surface area contributed by atoms with E-state index in [9.17, 15) is 19.8 Å². The van der Waals surface area contributed by atoms with Gasteiger partial charge in [-0.15, -0.1) is 0 Å². The molecule has 1 amide bonds. The number of hydrogen-bond acceptors (Lipinski definition) is 4. The molecule has 6 heteroatoms. The number of benzene rings is 1. The van der Waals surface area contributed by atoms with Gasteiger partial charge in [0, 0.05) is 19.0 Å². The summed E-state index contributed by atoms with van der Waals surface area (Å²) in [4.78, 5) is 28.5. The van der Waals surface area contributed by atoms with Gasteiger partial charge in [-0.1, -0.05) is 13.0 Å². The summed E-state index contributed by atoms with van der Waals surface area (Å²) in [7, 11) is 2.11. The first-order valence-electron chi connectivity index (χ1n) is 9.86. The summed E-state index contributed by atoms with van der Waals surface area (Å²) in [5.41, 5.74) is 2.22. The number of carboxylic acid groups (broad SMARTS) is 1. The fourth-order valence-electron chi connectivity index (χ4n) is 5.61. The van der Waals surface area contributed by atoms with Crippen molar-refractivity contribution >= 4 is 11.9 Å². The van der Waals surface area contributed by atoms with Gasteiger partial charge in [0.05, 0.1) is 0 Å². The SMILES string of the molecule is CN1CC[C@]2(C)c3cc(O)ccc3CC1[C@@H]2CC(=O)N1CCCC1C(=O)O. The molecule has 2 aliphatic heterocycles. The van der Waals surface area contributed by atoms with E-state index >= 15 is 0 Å². The molecule has 4 rings (SSSR count). The average Bonchev–Trinajstić information content (AvgIpc) is 3.11. The Balaban J connectivity index is 1.65. The number of aliphatic carboxylic acids is 1. The predicted molar refractivity (Wildman–Crippen MR) is 101 cm³/mol. The summed E-state index contributed by atoms with van der Waals surface area (Å²) in [6, 6.07) is 5.20. The summed E-state index contributed by atoms with van der Waals surface area (Å²) in [5.74, 6) is -0.556. The highest BCUT2D eigenvalue weighted by molar-refractivity contribution is 5.84. The third kappa shape index (κ3) is 2.90. The van der Waals surface area contributed by atoms with Crippen LogP contribution in [0, 0.1) is 5.92 Å². The molecule has 0 spiro atoms. The monoisotopic (exact) mass is 372 g/mol. The molecule has 0 saturated carbocycles. The first-order valence-corrected chi connectivity index (χ1v) is 9.86. The van der Waals surface area contributed by atoms with Crippen molar-refractivity contribution in [3.63, 3.8) is 0 Å². The van der Waals surface area contributed by atoms with Crippen molar-refractivity contribution in [1.29, 1.82) is 0 Å². The van der Waals surface area contributed by atoms with Crippen molar-refractivity contribution in [3.8, 4) is 5.75 Å². The second-order valence-corrected chi connectivity index (χ2v) is 8.66. The number of amides is 1. The molecule has 2 unspecified atom stereocenters. The van der Waals surface area contributed by atoms with Gasteiger partial charge in [-0.2, -0.15) is 0 Å². The average molecular weight is 372 g/mol. The van der Waals surface area contributed by atoms with Crippen molar-refractivity contribution < 1.29 is 19.8 Å². The zero-order valence-corrected chi connectivity index (χ0v) is 16.0. The van der Waals surface area contributed by atoms with Crippen molar-refractivity contribution in [2.75, 3.05) is 20.1 Å². The van der Waals surface area contributed by atoms with Gasteiger partial charge in [-0.25, -0.2) is 4.79 Å². The molecule has 3 aliphatic rings. The molecule has 0 aromatic heterocycles. The molecular weight excluding hydrogens is 344 g/mol. The molecule has 1 aromatic rings. The van der Waals surface area contributed by atoms with Gasteiger partial charge in [0.25, 0.3) is 0 Å². The van der Waals surface area contributed by atoms with Crippen LogP contribution in [0.4, 0.5) is 0 Å². The Morgan fingerprint density at radius 2 is 2.07 bits per heavy atom. The van der Waals surface area contributed by atoms with Gasteiger partial charge >= 0.3 is 5.97 Å². The van der Waals surface area contributed by atoms with Crippen LogP contribution in [0.1, 0.15) is 43.7 Å². The first-order chi connectivity index (χ1) is 12.8. The van der Waals surface area contributed by atoms with Crippen LogP contribution in [0.2, 0.25) is 0 Å². The number of likely N-dealkylation sites (N-methyl/N-ethyl adjacent to an activating group) is 1. The molecule has 27 heavy (non-hydrogen) atoms. The van der Waals surface area contributed by atoms with E-state index in [0.717, 1.165) is 31.4 Å². The minimum atomic E-state index is -0.900. The van der Waals surface area contributed by atoms with E-state index in [1.807, 2.05) is 12.1 Å². The molecule has 146 valence electrons. The summed E-state index contributed by atoms with van der Waals surface area (Å²) in [6.45, 7) is 3.71. The topological polar surface area (TPSA) is 81.1 Å². The Morgan fingerprint density at radius 1 is 1.30 bits per heavy atom. The maximum absolute atomic E-state index is 13.1. The van der Waals surface area contributed by atoms with Crippen LogP contribution in [0.5, 0.6) is 5.75 Å². The fourth-order valence-corrected chi connectivity index (χ4v) is 5.61. The molecule has 6 nitrogen and oxygen atoms in total.